The predicted octanol–water partition coefficient (Wildman–Crippen LogP) is 6.97. The fourth-order valence-corrected chi connectivity index (χ4v) is 3.97. The molecular formula is C22H36O. The van der Waals surface area contributed by atoms with E-state index < -0.39 is 0 Å². The van der Waals surface area contributed by atoms with Crippen molar-refractivity contribution in [1.82, 2.24) is 0 Å². The van der Waals surface area contributed by atoms with Crippen LogP contribution in [0.15, 0.2) is 24.3 Å². The Morgan fingerprint density at radius 3 is 2.30 bits per heavy atom. The molecule has 1 aliphatic rings. The van der Waals surface area contributed by atoms with Crippen LogP contribution in [0.5, 0.6) is 5.75 Å². The first-order valence-corrected chi connectivity index (χ1v) is 9.86. The van der Waals surface area contributed by atoms with Crippen LogP contribution >= 0.6 is 0 Å². The molecule has 1 aliphatic carbocycles. The molecule has 1 saturated carbocycles. The molecule has 1 aromatic carbocycles. The molecule has 0 amide bonds. The van der Waals surface area contributed by atoms with Gasteiger partial charge in [0, 0.05) is 0 Å². The zero-order valence-electron chi connectivity index (χ0n) is 15.5. The summed E-state index contributed by atoms with van der Waals surface area (Å²) in [6.45, 7) is 4.70. The lowest BCUT2D eigenvalue weighted by molar-refractivity contribution is 0.300. The first-order valence-electron chi connectivity index (χ1n) is 9.86. The minimum atomic E-state index is 0.780. The number of hydrogen-bond acceptors (Lipinski definition) is 1. The van der Waals surface area contributed by atoms with Gasteiger partial charge in [-0.3, -0.25) is 0 Å². The summed E-state index contributed by atoms with van der Waals surface area (Å²) < 4.78 is 5.26. The minimum Gasteiger partial charge on any atom is -0.497 e. The van der Waals surface area contributed by atoms with Crippen LogP contribution in [0.3, 0.4) is 0 Å². The maximum atomic E-state index is 5.26. The van der Waals surface area contributed by atoms with Crippen molar-refractivity contribution in [1.29, 1.82) is 0 Å². The van der Waals surface area contributed by atoms with E-state index in [1.165, 1.54) is 69.8 Å². The van der Waals surface area contributed by atoms with Crippen LogP contribution < -0.4 is 4.74 Å². The largest absolute Gasteiger partial charge is 0.497 e. The Morgan fingerprint density at radius 2 is 1.70 bits per heavy atom. The Bertz CT molecular complexity index is 414. The molecule has 0 radical (unpaired) electrons. The average molecular weight is 317 g/mol. The number of methoxy groups -OCH3 is 1. The number of rotatable bonds is 9. The van der Waals surface area contributed by atoms with Gasteiger partial charge in [0.05, 0.1) is 7.11 Å². The molecule has 130 valence electrons. The highest BCUT2D eigenvalue weighted by molar-refractivity contribution is 5.29. The third-order valence-electron chi connectivity index (χ3n) is 5.94. The Balaban J connectivity index is 1.62. The van der Waals surface area contributed by atoms with E-state index in [-0.39, 0.29) is 0 Å². The van der Waals surface area contributed by atoms with E-state index in [4.69, 9.17) is 4.74 Å². The molecule has 1 nitrogen and oxygen atoms in total. The Kier molecular flexibility index (Phi) is 7.99. The Labute approximate surface area is 143 Å². The van der Waals surface area contributed by atoms with Crippen molar-refractivity contribution in [2.75, 3.05) is 7.11 Å². The first-order chi connectivity index (χ1) is 11.2. The van der Waals surface area contributed by atoms with Gasteiger partial charge in [-0.15, -0.1) is 0 Å². The number of benzene rings is 1. The lowest BCUT2D eigenvalue weighted by Crippen LogP contribution is -2.13. The summed E-state index contributed by atoms with van der Waals surface area (Å²) in [5.74, 6) is 3.67. The molecule has 1 atom stereocenters. The summed E-state index contributed by atoms with van der Waals surface area (Å²) in [5.41, 5.74) is 1.51. The van der Waals surface area contributed by atoms with E-state index in [1.807, 2.05) is 0 Å². The summed E-state index contributed by atoms with van der Waals surface area (Å²) in [7, 11) is 1.74. The van der Waals surface area contributed by atoms with Gasteiger partial charge in [0.2, 0.25) is 0 Å². The number of ether oxygens (including phenoxy) is 1. The second kappa shape index (κ2) is 10.0. The van der Waals surface area contributed by atoms with E-state index in [1.54, 1.807) is 7.11 Å². The molecule has 0 heterocycles. The second-order valence-corrected chi connectivity index (χ2v) is 7.64. The highest BCUT2D eigenvalue weighted by Crippen LogP contribution is 2.38. The van der Waals surface area contributed by atoms with Gasteiger partial charge in [-0.2, -0.15) is 0 Å². The highest BCUT2D eigenvalue weighted by Gasteiger charge is 2.22. The lowest BCUT2D eigenvalue weighted by atomic mass is 9.77. The fraction of sp³-hybridized carbons (Fsp3) is 0.727. The fourth-order valence-electron chi connectivity index (χ4n) is 3.97. The number of unbranched alkanes of at least 4 members (excludes halogenated alkanes) is 2. The summed E-state index contributed by atoms with van der Waals surface area (Å²) in [5, 5.41) is 0. The van der Waals surface area contributed by atoms with E-state index >= 15 is 0 Å². The molecule has 1 aromatic rings. The van der Waals surface area contributed by atoms with Gasteiger partial charge in [0.25, 0.3) is 0 Å². The van der Waals surface area contributed by atoms with Crippen LogP contribution in [0.1, 0.15) is 89.5 Å². The standard InChI is InChI=1S/C22H36O/c1-4-18(2)8-6-5-7-9-19-10-12-20(13-11-19)21-14-16-22(23-3)17-15-21/h14-20H,4-13H2,1-3H3. The van der Waals surface area contributed by atoms with Crippen molar-refractivity contribution in [3.8, 4) is 5.75 Å². The third kappa shape index (κ3) is 6.20. The molecule has 2 rings (SSSR count). The van der Waals surface area contributed by atoms with Crippen LogP contribution in [0.25, 0.3) is 0 Å². The molecule has 0 saturated heterocycles. The molecule has 1 unspecified atom stereocenters. The number of hydrogen-bond donors (Lipinski definition) is 0. The van der Waals surface area contributed by atoms with Crippen molar-refractivity contribution in [2.45, 2.75) is 84.0 Å². The van der Waals surface area contributed by atoms with Gasteiger partial charge < -0.3 is 4.74 Å². The molecule has 0 spiro atoms. The van der Waals surface area contributed by atoms with Crippen LogP contribution in [-0.4, -0.2) is 7.11 Å². The Morgan fingerprint density at radius 1 is 1.00 bits per heavy atom. The van der Waals surface area contributed by atoms with Gasteiger partial charge in [-0.05, 0) is 61.1 Å². The zero-order chi connectivity index (χ0) is 16.5. The topological polar surface area (TPSA) is 9.23 Å². The van der Waals surface area contributed by atoms with E-state index in [0.29, 0.717) is 0 Å². The quantitative estimate of drug-likeness (QED) is 0.447. The first kappa shape index (κ1) is 18.4. The van der Waals surface area contributed by atoms with Crippen LogP contribution in [-0.2, 0) is 0 Å². The third-order valence-corrected chi connectivity index (χ3v) is 5.94. The van der Waals surface area contributed by atoms with Crippen LogP contribution in [0.4, 0.5) is 0 Å². The van der Waals surface area contributed by atoms with Crippen molar-refractivity contribution < 1.29 is 4.74 Å². The monoisotopic (exact) mass is 316 g/mol. The molecule has 1 fully saturated rings. The van der Waals surface area contributed by atoms with Crippen molar-refractivity contribution in [2.24, 2.45) is 11.8 Å². The van der Waals surface area contributed by atoms with Crippen LogP contribution in [0.2, 0.25) is 0 Å². The molecule has 0 N–H and O–H groups in total. The second-order valence-electron chi connectivity index (χ2n) is 7.64. The SMILES string of the molecule is CCC(C)CCCCCC1CCC(c2ccc(OC)cc2)CC1. The van der Waals surface area contributed by atoms with E-state index in [9.17, 15) is 0 Å². The summed E-state index contributed by atoms with van der Waals surface area (Å²) >= 11 is 0. The molecule has 0 aliphatic heterocycles. The van der Waals surface area contributed by atoms with Gasteiger partial charge in [-0.1, -0.05) is 64.5 Å². The van der Waals surface area contributed by atoms with E-state index in [2.05, 4.69) is 38.1 Å². The van der Waals surface area contributed by atoms with Crippen molar-refractivity contribution >= 4 is 0 Å². The summed E-state index contributed by atoms with van der Waals surface area (Å²) in [6.07, 6.45) is 14.2. The normalized spacial score (nSPS) is 22.7. The average Bonchev–Trinajstić information content (AvgIpc) is 2.62. The minimum absolute atomic E-state index is 0.780. The van der Waals surface area contributed by atoms with Gasteiger partial charge in [-0.25, -0.2) is 0 Å². The van der Waals surface area contributed by atoms with E-state index in [0.717, 1.165) is 23.5 Å². The molecule has 23 heavy (non-hydrogen) atoms. The Hall–Kier alpha value is -0.980. The van der Waals surface area contributed by atoms with Gasteiger partial charge >= 0.3 is 0 Å². The summed E-state index contributed by atoms with van der Waals surface area (Å²) in [6, 6.07) is 8.74. The highest BCUT2D eigenvalue weighted by atomic mass is 16.5. The predicted molar refractivity (Wildman–Crippen MR) is 100 cm³/mol. The molecule has 0 bridgehead atoms. The molecule has 1 heteroatoms. The van der Waals surface area contributed by atoms with Gasteiger partial charge in [0.1, 0.15) is 5.75 Å². The smallest absolute Gasteiger partial charge is 0.118 e. The summed E-state index contributed by atoms with van der Waals surface area (Å²) in [4.78, 5) is 0. The maximum absolute atomic E-state index is 5.26. The van der Waals surface area contributed by atoms with Gasteiger partial charge in [0.15, 0.2) is 0 Å². The molecule has 0 aromatic heterocycles. The zero-order valence-corrected chi connectivity index (χ0v) is 15.5. The maximum Gasteiger partial charge on any atom is 0.118 e. The molecular weight excluding hydrogens is 280 g/mol. The van der Waals surface area contributed by atoms with Crippen molar-refractivity contribution in [3.05, 3.63) is 29.8 Å². The van der Waals surface area contributed by atoms with Crippen molar-refractivity contribution in [3.63, 3.8) is 0 Å². The lowest BCUT2D eigenvalue weighted by Gasteiger charge is -2.29. The van der Waals surface area contributed by atoms with Crippen LogP contribution in [0, 0.1) is 11.8 Å².